The van der Waals surface area contributed by atoms with Crippen molar-refractivity contribution in [2.75, 3.05) is 26.2 Å². The molecule has 0 spiro atoms. The smallest absolute Gasteiger partial charge is 0.407 e. The van der Waals surface area contributed by atoms with Crippen LogP contribution >= 0.6 is 0 Å². The van der Waals surface area contributed by atoms with E-state index in [2.05, 4.69) is 16.0 Å². The summed E-state index contributed by atoms with van der Waals surface area (Å²) in [6.45, 7) is 16.9. The summed E-state index contributed by atoms with van der Waals surface area (Å²) >= 11 is 0. The highest BCUT2D eigenvalue weighted by Gasteiger charge is 2.19. The molecule has 0 aliphatic rings. The van der Waals surface area contributed by atoms with Gasteiger partial charge in [-0.3, -0.25) is 0 Å². The topological polar surface area (TPSA) is 129 Å². The summed E-state index contributed by atoms with van der Waals surface area (Å²) in [6.07, 6.45) is 0.963. The highest BCUT2D eigenvalue weighted by atomic mass is 16.6. The molecule has 0 rings (SSSR count). The number of amides is 3. The fourth-order valence-electron chi connectivity index (χ4n) is 2.81. The monoisotopic (exact) mass is 474 g/mol. The van der Waals surface area contributed by atoms with Gasteiger partial charge in [-0.05, 0) is 94.2 Å². The molecule has 0 bridgehead atoms. The first-order valence-corrected chi connectivity index (χ1v) is 11.8. The van der Waals surface area contributed by atoms with Crippen molar-refractivity contribution in [1.29, 1.82) is 0 Å². The summed E-state index contributed by atoms with van der Waals surface area (Å²) < 4.78 is 10.4. The molecule has 0 heterocycles. The summed E-state index contributed by atoms with van der Waals surface area (Å²) in [7, 11) is 0. The number of hydrogen-bond donors (Lipinski definition) is 4. The highest BCUT2D eigenvalue weighted by molar-refractivity contribution is 5.68. The lowest BCUT2D eigenvalue weighted by Gasteiger charge is -2.24. The van der Waals surface area contributed by atoms with Crippen molar-refractivity contribution >= 4 is 18.3 Å². The summed E-state index contributed by atoms with van der Waals surface area (Å²) in [5.74, 6) is 0. The van der Waals surface area contributed by atoms with Crippen LogP contribution in [0.2, 0.25) is 0 Å². The van der Waals surface area contributed by atoms with Gasteiger partial charge in [0.2, 0.25) is 0 Å². The van der Waals surface area contributed by atoms with E-state index >= 15 is 0 Å². The zero-order valence-corrected chi connectivity index (χ0v) is 21.7. The molecule has 0 aliphatic carbocycles. The quantitative estimate of drug-likeness (QED) is 0.298. The van der Waals surface area contributed by atoms with Crippen molar-refractivity contribution in [3.05, 3.63) is 0 Å². The summed E-state index contributed by atoms with van der Waals surface area (Å²) in [5, 5.41) is 18.3. The molecule has 2 unspecified atom stereocenters. The minimum absolute atomic E-state index is 0.00821. The number of alkyl carbamates (subject to hydrolysis) is 2. The van der Waals surface area contributed by atoms with Gasteiger partial charge in [0, 0.05) is 25.2 Å². The maximum Gasteiger partial charge on any atom is 0.407 e. The average molecular weight is 475 g/mol. The van der Waals surface area contributed by atoms with Crippen LogP contribution in [0.1, 0.15) is 81.1 Å². The molecule has 194 valence electrons. The summed E-state index contributed by atoms with van der Waals surface area (Å²) in [4.78, 5) is 36.4. The number of nitrogens with one attached hydrogen (secondary N) is 3. The van der Waals surface area contributed by atoms with Crippen molar-refractivity contribution in [2.24, 2.45) is 0 Å². The number of unbranched alkanes of at least 4 members (excludes halogenated alkanes) is 1. The van der Waals surface area contributed by atoms with Crippen molar-refractivity contribution in [1.82, 2.24) is 20.9 Å². The third-order valence-electron chi connectivity index (χ3n) is 4.41. The number of carbonyl (C=O) groups excluding carboxylic acids is 2. The van der Waals surface area contributed by atoms with E-state index in [1.165, 1.54) is 4.90 Å². The minimum Gasteiger partial charge on any atom is -0.465 e. The molecule has 0 aromatic carbocycles. The van der Waals surface area contributed by atoms with Gasteiger partial charge in [0.05, 0.1) is 0 Å². The van der Waals surface area contributed by atoms with Crippen LogP contribution in [0.15, 0.2) is 0 Å². The van der Waals surface area contributed by atoms with Gasteiger partial charge in [-0.15, -0.1) is 0 Å². The highest BCUT2D eigenvalue weighted by Crippen LogP contribution is 2.08. The van der Waals surface area contributed by atoms with Gasteiger partial charge in [0.25, 0.3) is 0 Å². The standard InChI is InChI=1S/C23H46N4O6/c1-17(25-19(28)32-22(3,4)5)11-14-24-13-9-10-15-27(21(30)31)16-12-18(2)26-20(29)33-23(6,7)8/h17-18,24H,9-16H2,1-8H3,(H,25,28)(H,26,29)(H,30,31). The molecule has 0 fully saturated rings. The maximum absolute atomic E-state index is 11.8. The molecule has 33 heavy (non-hydrogen) atoms. The van der Waals surface area contributed by atoms with E-state index in [4.69, 9.17) is 9.47 Å². The van der Waals surface area contributed by atoms with Gasteiger partial charge in [-0.25, -0.2) is 14.4 Å². The molecular formula is C23H46N4O6. The second kappa shape index (κ2) is 14.8. The normalized spacial score (nSPS) is 13.6. The molecule has 10 heteroatoms. The van der Waals surface area contributed by atoms with Crippen molar-refractivity contribution in [3.63, 3.8) is 0 Å². The van der Waals surface area contributed by atoms with E-state index in [-0.39, 0.29) is 12.1 Å². The number of ether oxygens (including phenoxy) is 2. The first-order chi connectivity index (χ1) is 15.1. The molecule has 4 N–H and O–H groups in total. The Bertz CT molecular complexity index is 601. The number of carbonyl (C=O) groups is 3. The van der Waals surface area contributed by atoms with Crippen LogP contribution in [0.4, 0.5) is 14.4 Å². The lowest BCUT2D eigenvalue weighted by atomic mass is 10.2. The van der Waals surface area contributed by atoms with E-state index in [1.807, 2.05) is 34.6 Å². The number of rotatable bonds is 13. The molecule has 0 aromatic rings. The predicted octanol–water partition coefficient (Wildman–Crippen LogP) is 3.94. The largest absolute Gasteiger partial charge is 0.465 e. The second-order valence-corrected chi connectivity index (χ2v) is 10.4. The van der Waals surface area contributed by atoms with Crippen LogP contribution in [0.3, 0.4) is 0 Å². The van der Waals surface area contributed by atoms with E-state index in [0.717, 1.165) is 32.4 Å². The van der Waals surface area contributed by atoms with Crippen LogP contribution in [-0.2, 0) is 9.47 Å². The van der Waals surface area contributed by atoms with Gasteiger partial charge in [-0.1, -0.05) is 0 Å². The number of carboxylic acid groups (broad SMARTS) is 1. The Balaban J connectivity index is 4.00. The van der Waals surface area contributed by atoms with Crippen molar-refractivity contribution in [3.8, 4) is 0 Å². The van der Waals surface area contributed by atoms with Crippen LogP contribution in [0.5, 0.6) is 0 Å². The molecule has 0 aromatic heterocycles. The van der Waals surface area contributed by atoms with Crippen LogP contribution in [0.25, 0.3) is 0 Å². The van der Waals surface area contributed by atoms with Crippen molar-refractivity contribution < 1.29 is 29.0 Å². The molecule has 3 amide bonds. The Labute approximate surface area is 199 Å². The van der Waals surface area contributed by atoms with E-state index in [1.54, 1.807) is 20.8 Å². The Morgan fingerprint density at radius 2 is 1.27 bits per heavy atom. The summed E-state index contributed by atoms with van der Waals surface area (Å²) in [5.41, 5.74) is -1.09. The number of hydrogen-bond acceptors (Lipinski definition) is 6. The average Bonchev–Trinajstić information content (AvgIpc) is 2.59. The second-order valence-electron chi connectivity index (χ2n) is 10.4. The minimum atomic E-state index is -0.963. The lowest BCUT2D eigenvalue weighted by Crippen LogP contribution is -2.40. The Hall–Kier alpha value is -2.23. The molecular weight excluding hydrogens is 428 g/mol. The van der Waals surface area contributed by atoms with Gasteiger partial charge < -0.3 is 35.4 Å². The van der Waals surface area contributed by atoms with E-state index < -0.39 is 29.5 Å². The third kappa shape index (κ3) is 19.0. The first kappa shape index (κ1) is 30.8. The first-order valence-electron chi connectivity index (χ1n) is 11.8. The van der Waals surface area contributed by atoms with Gasteiger partial charge in [0.15, 0.2) is 0 Å². The molecule has 0 aliphatic heterocycles. The molecule has 10 nitrogen and oxygen atoms in total. The van der Waals surface area contributed by atoms with Crippen LogP contribution in [-0.4, -0.2) is 77.8 Å². The molecule has 0 saturated heterocycles. The van der Waals surface area contributed by atoms with Gasteiger partial charge in [0.1, 0.15) is 11.2 Å². The summed E-state index contributed by atoms with van der Waals surface area (Å²) in [6, 6.07) is -0.203. The fraction of sp³-hybridized carbons (Fsp3) is 0.870. The Morgan fingerprint density at radius 3 is 1.73 bits per heavy atom. The van der Waals surface area contributed by atoms with Gasteiger partial charge >= 0.3 is 18.3 Å². The van der Waals surface area contributed by atoms with Crippen molar-refractivity contribution in [2.45, 2.75) is 104 Å². The zero-order chi connectivity index (χ0) is 25.7. The molecule has 0 radical (unpaired) electrons. The predicted molar refractivity (Wildman–Crippen MR) is 129 cm³/mol. The maximum atomic E-state index is 11.8. The van der Waals surface area contributed by atoms with Crippen LogP contribution in [0, 0.1) is 0 Å². The zero-order valence-electron chi connectivity index (χ0n) is 21.7. The number of nitrogens with zero attached hydrogens (tertiary/aromatic N) is 1. The Morgan fingerprint density at radius 1 is 0.788 bits per heavy atom. The third-order valence-corrected chi connectivity index (χ3v) is 4.41. The van der Waals surface area contributed by atoms with E-state index in [0.29, 0.717) is 19.5 Å². The lowest BCUT2D eigenvalue weighted by molar-refractivity contribution is 0.0492. The van der Waals surface area contributed by atoms with E-state index in [9.17, 15) is 19.5 Å². The van der Waals surface area contributed by atoms with Gasteiger partial charge in [-0.2, -0.15) is 0 Å². The molecule has 0 saturated carbocycles. The SMILES string of the molecule is CC(CCNCCCCN(CCC(C)NC(=O)OC(C)(C)C)C(=O)O)NC(=O)OC(C)(C)C. The van der Waals surface area contributed by atoms with Crippen LogP contribution < -0.4 is 16.0 Å². The fourth-order valence-corrected chi connectivity index (χ4v) is 2.81. The molecule has 2 atom stereocenters. The Kier molecular flexibility index (Phi) is 13.8.